The highest BCUT2D eigenvalue weighted by molar-refractivity contribution is 8.45. The molecule has 1 heterocycles. The van der Waals surface area contributed by atoms with Crippen LogP contribution in [0.1, 0.15) is 48.3 Å². The van der Waals surface area contributed by atoms with Crippen molar-refractivity contribution < 1.29 is 33.8 Å². The number of nitrogens with zero attached hydrogens (tertiary/aromatic N) is 4. The third-order valence-electron chi connectivity index (χ3n) is 6.35. The molecule has 216 valence electrons. The van der Waals surface area contributed by atoms with Crippen LogP contribution in [0.4, 0.5) is 30.0 Å². The first-order valence-electron chi connectivity index (χ1n) is 11.4. The Balaban J connectivity index is 1.83. The van der Waals surface area contributed by atoms with Gasteiger partial charge in [-0.2, -0.15) is 15.6 Å². The Hall–Kier alpha value is -4.05. The van der Waals surface area contributed by atoms with Crippen LogP contribution in [0.2, 0.25) is 10.0 Å². The molecule has 2 aromatic carbocycles. The lowest BCUT2D eigenvalue weighted by atomic mass is 9.94. The number of benzene rings is 2. The highest BCUT2D eigenvalue weighted by Crippen LogP contribution is 3.02. The van der Waals surface area contributed by atoms with E-state index in [-0.39, 0.29) is 30.5 Å². The van der Waals surface area contributed by atoms with Crippen LogP contribution in [0.3, 0.4) is 0 Å². The summed E-state index contributed by atoms with van der Waals surface area (Å²) in [6.07, 6.45) is -1.78. The topological polar surface area (TPSA) is 147 Å². The van der Waals surface area contributed by atoms with Crippen molar-refractivity contribution in [1.29, 1.82) is 10.5 Å². The summed E-state index contributed by atoms with van der Waals surface area (Å²) in [5.74, 6) is -1.33. The summed E-state index contributed by atoms with van der Waals surface area (Å²) in [6.45, 7) is 1.50. The van der Waals surface area contributed by atoms with Crippen LogP contribution in [0.5, 0.6) is 0 Å². The summed E-state index contributed by atoms with van der Waals surface area (Å²) in [5, 5.41) is 23.1. The normalized spacial score (nSPS) is 16.3. The van der Waals surface area contributed by atoms with E-state index in [0.29, 0.717) is 15.8 Å². The van der Waals surface area contributed by atoms with E-state index >= 15 is 0 Å². The van der Waals surface area contributed by atoms with E-state index in [9.17, 15) is 34.3 Å². The molecule has 2 amide bonds. The molecule has 17 heteroatoms. The van der Waals surface area contributed by atoms with E-state index in [1.807, 2.05) is 6.07 Å². The van der Waals surface area contributed by atoms with E-state index < -0.39 is 65.9 Å². The number of carbonyl (C=O) groups is 2. The number of nitriles is 2. The number of ether oxygens (including phenoxy) is 1. The maximum absolute atomic E-state index is 13.4. The van der Waals surface area contributed by atoms with Crippen molar-refractivity contribution in [3.63, 3.8) is 0 Å². The molecule has 0 spiro atoms. The van der Waals surface area contributed by atoms with Crippen LogP contribution in [-0.4, -0.2) is 21.8 Å². The Bertz CT molecular complexity index is 1670. The van der Waals surface area contributed by atoms with Gasteiger partial charge in [-0.05, 0) is 49.6 Å². The van der Waals surface area contributed by atoms with Gasteiger partial charge in [0, 0.05) is 5.56 Å². The number of nitrogens with one attached hydrogen (secondary N) is 1. The van der Waals surface area contributed by atoms with Crippen molar-refractivity contribution in [3.8, 4) is 17.8 Å². The van der Waals surface area contributed by atoms with Gasteiger partial charge in [-0.1, -0.05) is 54.8 Å². The summed E-state index contributed by atoms with van der Waals surface area (Å²) >= 11 is 12.0. The van der Waals surface area contributed by atoms with Gasteiger partial charge < -0.3 is 10.5 Å². The molecule has 1 unspecified atom stereocenters. The van der Waals surface area contributed by atoms with E-state index in [2.05, 4.69) is 10.4 Å². The Labute approximate surface area is 238 Å². The zero-order valence-corrected chi connectivity index (χ0v) is 22.9. The molecule has 4 rings (SSSR count). The minimum absolute atomic E-state index is 0.0617. The molecule has 1 aliphatic rings. The first kappa shape index (κ1) is 29.9. The van der Waals surface area contributed by atoms with Gasteiger partial charge in [0.1, 0.15) is 28.6 Å². The molecule has 0 saturated heterocycles. The van der Waals surface area contributed by atoms with Crippen molar-refractivity contribution >= 4 is 51.2 Å². The van der Waals surface area contributed by atoms with Gasteiger partial charge >= 0.3 is 16.3 Å². The fraction of sp³-hybridized carbons (Fsp3) is 0.208. The van der Waals surface area contributed by atoms with Crippen LogP contribution in [0.25, 0.3) is 5.69 Å². The minimum Gasteiger partial charge on any atom is -0.441 e. The Morgan fingerprint density at radius 1 is 1.10 bits per heavy atom. The van der Waals surface area contributed by atoms with Gasteiger partial charge in [0.15, 0.2) is 5.69 Å². The molecule has 1 atom stereocenters. The molecule has 0 aliphatic heterocycles. The number of carbonyl (C=O) groups excluding carboxylic acids is 2. The SMILES string of the molecule is CC(OC(=O)Nc1c(C2(C(N)=O)CC2)c(C#N)nn1-c1c(Cl)cc(S(F)(F)(F)(F)F)cc1Cl)c1ccc(C#N)cc1. The first-order valence-corrected chi connectivity index (χ1v) is 14.1. The van der Waals surface area contributed by atoms with E-state index in [0.717, 1.165) is 0 Å². The molecule has 0 bridgehead atoms. The van der Waals surface area contributed by atoms with Gasteiger partial charge in [-0.25, -0.2) is 9.48 Å². The lowest BCUT2D eigenvalue weighted by Gasteiger charge is -2.40. The Morgan fingerprint density at radius 2 is 1.66 bits per heavy atom. The second-order valence-electron chi connectivity index (χ2n) is 9.15. The molecule has 3 N–H and O–H groups in total. The smallest absolute Gasteiger partial charge is 0.413 e. The van der Waals surface area contributed by atoms with E-state index in [4.69, 9.17) is 38.9 Å². The molecule has 1 aromatic heterocycles. The average Bonchev–Trinajstić information content (AvgIpc) is 3.59. The van der Waals surface area contributed by atoms with Crippen molar-refractivity contribution in [1.82, 2.24) is 9.78 Å². The number of halogens is 7. The largest absolute Gasteiger partial charge is 0.441 e. The fourth-order valence-corrected chi connectivity index (χ4v) is 5.58. The average molecular weight is 635 g/mol. The number of amides is 2. The molecule has 0 radical (unpaired) electrons. The van der Waals surface area contributed by atoms with Gasteiger partial charge in [0.05, 0.1) is 27.1 Å². The molecule has 1 saturated carbocycles. The lowest BCUT2D eigenvalue weighted by molar-refractivity contribution is -0.120. The predicted octanol–water partition coefficient (Wildman–Crippen LogP) is 7.41. The van der Waals surface area contributed by atoms with Gasteiger partial charge in [-0.15, -0.1) is 0 Å². The van der Waals surface area contributed by atoms with Crippen LogP contribution >= 0.6 is 33.4 Å². The summed E-state index contributed by atoms with van der Waals surface area (Å²) < 4.78 is 73.3. The third kappa shape index (κ3) is 5.74. The second-order valence-corrected chi connectivity index (χ2v) is 12.4. The molecule has 9 nitrogen and oxygen atoms in total. The second kappa shape index (κ2) is 9.24. The first-order chi connectivity index (χ1) is 18.8. The van der Waals surface area contributed by atoms with Crippen molar-refractivity contribution in [2.45, 2.75) is 36.2 Å². The molecular weight excluding hydrogens is 618 g/mol. The molecule has 3 aromatic rings. The molecule has 1 fully saturated rings. The number of primary amides is 1. The number of anilines is 1. The number of rotatable bonds is 7. The van der Waals surface area contributed by atoms with Crippen molar-refractivity contribution in [3.05, 3.63) is 68.8 Å². The van der Waals surface area contributed by atoms with E-state index in [1.165, 1.54) is 31.2 Å². The number of hydrogen-bond acceptors (Lipinski definition) is 6. The number of aromatic nitrogens is 2. The van der Waals surface area contributed by atoms with Gasteiger partial charge in [-0.3, -0.25) is 10.1 Å². The monoisotopic (exact) mass is 634 g/mol. The predicted molar refractivity (Wildman–Crippen MR) is 139 cm³/mol. The molecule has 1 aliphatic carbocycles. The third-order valence-corrected chi connectivity index (χ3v) is 8.06. The fourth-order valence-electron chi connectivity index (χ4n) is 4.12. The minimum atomic E-state index is -10.2. The lowest BCUT2D eigenvalue weighted by Crippen LogP contribution is -2.30. The number of hydrogen-bond donors (Lipinski definition) is 2. The Kier molecular flexibility index (Phi) is 6.74. The quantitative estimate of drug-likeness (QED) is 0.259. The zero-order valence-electron chi connectivity index (χ0n) is 20.6. The summed E-state index contributed by atoms with van der Waals surface area (Å²) in [5.41, 5.74) is 3.69. The van der Waals surface area contributed by atoms with Crippen LogP contribution in [-0.2, 0) is 14.9 Å². The number of nitrogens with two attached hydrogens (primary N) is 1. The van der Waals surface area contributed by atoms with Crippen LogP contribution in [0.15, 0.2) is 41.3 Å². The van der Waals surface area contributed by atoms with Crippen LogP contribution in [0, 0.1) is 22.7 Å². The maximum Gasteiger partial charge on any atom is 0.413 e. The zero-order chi connectivity index (χ0) is 30.6. The highest BCUT2D eigenvalue weighted by atomic mass is 35.5. The van der Waals surface area contributed by atoms with E-state index in [1.54, 1.807) is 6.07 Å². The van der Waals surface area contributed by atoms with Crippen molar-refractivity contribution in [2.75, 3.05) is 5.32 Å². The van der Waals surface area contributed by atoms with Gasteiger partial charge in [0.2, 0.25) is 5.91 Å². The van der Waals surface area contributed by atoms with Crippen LogP contribution < -0.4 is 11.1 Å². The summed E-state index contributed by atoms with van der Waals surface area (Å²) in [7, 11) is -10.2. The summed E-state index contributed by atoms with van der Waals surface area (Å²) in [6, 6.07) is 9.59. The van der Waals surface area contributed by atoms with Crippen molar-refractivity contribution in [2.24, 2.45) is 5.73 Å². The Morgan fingerprint density at radius 3 is 2.10 bits per heavy atom. The highest BCUT2D eigenvalue weighted by Gasteiger charge is 2.65. The standard InChI is InChI=1S/C24H17Cl2F5N6O3S/c1-12(14-4-2-13(10-32)3-5-14)40-23(39)35-21-19(24(6-7-24)22(34)38)18(11-33)36-37(21)20-16(25)8-15(9-17(20)26)41(27,28,29,30)31/h2-5,8-9,12H,6-7H2,1H3,(H2,34,38)(H,35,39). The van der Waals surface area contributed by atoms with Gasteiger partial charge in [0.25, 0.3) is 0 Å². The maximum atomic E-state index is 13.4. The molecular formula is C24H17Cl2F5N6O3S. The summed E-state index contributed by atoms with van der Waals surface area (Å²) in [4.78, 5) is 23.0. The molecule has 41 heavy (non-hydrogen) atoms.